The van der Waals surface area contributed by atoms with Gasteiger partial charge in [0.25, 0.3) is 0 Å². The van der Waals surface area contributed by atoms with E-state index in [1.807, 2.05) is 60.7 Å². The number of ether oxygens (including phenoxy) is 2. The van der Waals surface area contributed by atoms with Gasteiger partial charge < -0.3 is 18.3 Å². The topological polar surface area (TPSA) is 44.7 Å². The molecular formula is C37H22O4. The van der Waals surface area contributed by atoms with Crippen LogP contribution in [0.15, 0.2) is 130 Å². The Morgan fingerprint density at radius 2 is 0.854 bits per heavy atom. The van der Waals surface area contributed by atoms with Crippen molar-refractivity contribution in [2.45, 2.75) is 0 Å². The molecule has 6 aromatic carbocycles. The molecule has 2 aromatic heterocycles. The van der Waals surface area contributed by atoms with Crippen LogP contribution in [0.4, 0.5) is 0 Å². The SMILES string of the molecule is c1ccc2c(c1)oc1cccc(-c3ccc4c(c3)-c3cc(-c5cccc6oc7ccccc7c56)ccc3OCO4)c12. The maximum Gasteiger partial charge on any atom is 0.230 e. The highest BCUT2D eigenvalue weighted by atomic mass is 16.7. The molecule has 194 valence electrons. The lowest BCUT2D eigenvalue weighted by Gasteiger charge is -2.13. The van der Waals surface area contributed by atoms with Crippen molar-refractivity contribution >= 4 is 43.9 Å². The largest absolute Gasteiger partial charge is 0.457 e. The van der Waals surface area contributed by atoms with Gasteiger partial charge in [-0.25, -0.2) is 0 Å². The molecule has 1 aliphatic heterocycles. The van der Waals surface area contributed by atoms with Gasteiger partial charge in [-0.1, -0.05) is 72.8 Å². The van der Waals surface area contributed by atoms with Crippen molar-refractivity contribution in [3.8, 4) is 44.9 Å². The normalized spacial score (nSPS) is 12.7. The lowest BCUT2D eigenvalue weighted by atomic mass is 9.92. The van der Waals surface area contributed by atoms with E-state index in [-0.39, 0.29) is 6.79 Å². The molecule has 0 spiro atoms. The molecule has 0 bridgehead atoms. The Hall–Kier alpha value is -5.48. The van der Waals surface area contributed by atoms with E-state index in [2.05, 4.69) is 60.7 Å². The molecule has 0 saturated carbocycles. The Balaban J connectivity index is 1.26. The second-order valence-corrected chi connectivity index (χ2v) is 10.4. The van der Waals surface area contributed by atoms with Crippen LogP contribution in [0, 0.1) is 0 Å². The summed E-state index contributed by atoms with van der Waals surface area (Å²) in [6, 6.07) is 41.6. The fraction of sp³-hybridized carbons (Fsp3) is 0.0270. The van der Waals surface area contributed by atoms with Gasteiger partial charge in [-0.05, 0) is 70.8 Å². The van der Waals surface area contributed by atoms with Crippen molar-refractivity contribution in [1.82, 2.24) is 0 Å². The molecular weight excluding hydrogens is 508 g/mol. The third-order valence-electron chi connectivity index (χ3n) is 8.11. The zero-order chi connectivity index (χ0) is 26.9. The zero-order valence-electron chi connectivity index (χ0n) is 21.9. The number of para-hydroxylation sites is 2. The first-order chi connectivity index (χ1) is 20.3. The number of furan rings is 2. The summed E-state index contributed by atoms with van der Waals surface area (Å²) >= 11 is 0. The van der Waals surface area contributed by atoms with Gasteiger partial charge in [-0.3, -0.25) is 0 Å². The van der Waals surface area contributed by atoms with Crippen LogP contribution < -0.4 is 9.47 Å². The van der Waals surface area contributed by atoms with E-state index in [0.29, 0.717) is 0 Å². The molecule has 0 radical (unpaired) electrons. The lowest BCUT2D eigenvalue weighted by molar-refractivity contribution is 0.125. The Bertz CT molecular complexity index is 2140. The highest BCUT2D eigenvalue weighted by Crippen LogP contribution is 2.46. The molecule has 0 fully saturated rings. The molecule has 41 heavy (non-hydrogen) atoms. The molecule has 1 aliphatic rings. The van der Waals surface area contributed by atoms with E-state index in [9.17, 15) is 0 Å². The average Bonchev–Trinajstić information content (AvgIpc) is 3.54. The predicted molar refractivity (Wildman–Crippen MR) is 163 cm³/mol. The smallest absolute Gasteiger partial charge is 0.230 e. The maximum atomic E-state index is 6.17. The van der Waals surface area contributed by atoms with E-state index in [4.69, 9.17) is 18.3 Å². The number of benzene rings is 6. The van der Waals surface area contributed by atoms with Crippen molar-refractivity contribution in [3.63, 3.8) is 0 Å². The van der Waals surface area contributed by atoms with Crippen LogP contribution in [0.2, 0.25) is 0 Å². The minimum absolute atomic E-state index is 0.155. The molecule has 0 unspecified atom stereocenters. The Kier molecular flexibility index (Phi) is 4.64. The van der Waals surface area contributed by atoms with Gasteiger partial charge in [-0.2, -0.15) is 0 Å². The van der Waals surface area contributed by atoms with Gasteiger partial charge in [0.1, 0.15) is 33.8 Å². The summed E-state index contributed by atoms with van der Waals surface area (Å²) in [6.45, 7) is 0.155. The van der Waals surface area contributed by atoms with Crippen molar-refractivity contribution in [2.24, 2.45) is 0 Å². The lowest BCUT2D eigenvalue weighted by Crippen LogP contribution is -2.03. The van der Waals surface area contributed by atoms with E-state index in [1.54, 1.807) is 0 Å². The molecule has 3 heterocycles. The first-order valence-corrected chi connectivity index (χ1v) is 13.7. The van der Waals surface area contributed by atoms with E-state index >= 15 is 0 Å². The van der Waals surface area contributed by atoms with E-state index in [0.717, 1.165) is 88.8 Å². The molecule has 0 atom stereocenters. The number of hydrogen-bond acceptors (Lipinski definition) is 4. The monoisotopic (exact) mass is 530 g/mol. The highest BCUT2D eigenvalue weighted by molar-refractivity contribution is 6.14. The zero-order valence-corrected chi connectivity index (χ0v) is 21.9. The van der Waals surface area contributed by atoms with Crippen LogP contribution in [0.25, 0.3) is 77.3 Å². The number of hydrogen-bond donors (Lipinski definition) is 0. The molecule has 0 amide bonds. The van der Waals surface area contributed by atoms with E-state index in [1.165, 1.54) is 0 Å². The number of fused-ring (bicyclic) bond motifs is 9. The Morgan fingerprint density at radius 1 is 0.390 bits per heavy atom. The minimum Gasteiger partial charge on any atom is -0.457 e. The van der Waals surface area contributed by atoms with Crippen molar-refractivity contribution in [2.75, 3.05) is 6.79 Å². The maximum absolute atomic E-state index is 6.17. The molecule has 0 aliphatic carbocycles. The average molecular weight is 531 g/mol. The third kappa shape index (κ3) is 3.34. The Morgan fingerprint density at radius 3 is 1.37 bits per heavy atom. The van der Waals surface area contributed by atoms with Gasteiger partial charge in [-0.15, -0.1) is 0 Å². The fourth-order valence-corrected chi connectivity index (χ4v) is 6.25. The molecule has 8 aromatic rings. The quantitative estimate of drug-likeness (QED) is 0.223. The summed E-state index contributed by atoms with van der Waals surface area (Å²) in [6.07, 6.45) is 0. The Labute approximate surface area is 235 Å². The first kappa shape index (κ1) is 22.3. The predicted octanol–water partition coefficient (Wildman–Crippen LogP) is 10.2. The second-order valence-electron chi connectivity index (χ2n) is 10.4. The van der Waals surface area contributed by atoms with Crippen LogP contribution in [0.1, 0.15) is 0 Å². The summed E-state index contributed by atoms with van der Waals surface area (Å²) in [5, 5.41) is 4.44. The van der Waals surface area contributed by atoms with Crippen LogP contribution in [-0.2, 0) is 0 Å². The molecule has 9 rings (SSSR count). The van der Waals surface area contributed by atoms with Crippen LogP contribution >= 0.6 is 0 Å². The van der Waals surface area contributed by atoms with Crippen LogP contribution in [-0.4, -0.2) is 6.79 Å². The third-order valence-corrected chi connectivity index (χ3v) is 8.11. The second kappa shape index (κ2) is 8.51. The van der Waals surface area contributed by atoms with Gasteiger partial charge in [0.05, 0.1) is 0 Å². The summed E-state index contributed by atoms with van der Waals surface area (Å²) < 4.78 is 24.5. The summed E-state index contributed by atoms with van der Waals surface area (Å²) in [7, 11) is 0. The fourth-order valence-electron chi connectivity index (χ4n) is 6.25. The molecule has 4 heteroatoms. The first-order valence-electron chi connectivity index (χ1n) is 13.7. The molecule has 0 saturated heterocycles. The summed E-state index contributed by atoms with van der Waals surface area (Å²) in [5.41, 5.74) is 9.92. The molecule has 0 N–H and O–H groups in total. The van der Waals surface area contributed by atoms with Gasteiger partial charge in [0.2, 0.25) is 6.79 Å². The number of rotatable bonds is 2. The van der Waals surface area contributed by atoms with Crippen molar-refractivity contribution < 1.29 is 18.3 Å². The summed E-state index contributed by atoms with van der Waals surface area (Å²) in [4.78, 5) is 0. The van der Waals surface area contributed by atoms with Gasteiger partial charge >= 0.3 is 0 Å². The van der Waals surface area contributed by atoms with Crippen molar-refractivity contribution in [3.05, 3.63) is 121 Å². The standard InChI is InChI=1S/C37H22O4/c1-3-11-32-26(7-1)36-24(9-5-13-34(36)40-32)22-15-17-30-28(19-22)29-20-23(16-18-31(29)39-21-38-30)25-10-6-14-35-37(25)27-8-2-4-12-33(27)41-35/h1-20H,21H2. The highest BCUT2D eigenvalue weighted by Gasteiger charge is 2.21. The van der Waals surface area contributed by atoms with Crippen LogP contribution in [0.3, 0.4) is 0 Å². The summed E-state index contributed by atoms with van der Waals surface area (Å²) in [5.74, 6) is 1.58. The van der Waals surface area contributed by atoms with Gasteiger partial charge in [0, 0.05) is 32.7 Å². The van der Waals surface area contributed by atoms with E-state index < -0.39 is 0 Å². The van der Waals surface area contributed by atoms with Crippen molar-refractivity contribution in [1.29, 1.82) is 0 Å². The molecule has 4 nitrogen and oxygen atoms in total. The minimum atomic E-state index is 0.155. The van der Waals surface area contributed by atoms with Crippen LogP contribution in [0.5, 0.6) is 11.5 Å². The van der Waals surface area contributed by atoms with Gasteiger partial charge in [0.15, 0.2) is 0 Å².